The summed E-state index contributed by atoms with van der Waals surface area (Å²) in [6, 6.07) is 12.3. The number of halogens is 2. The van der Waals surface area contributed by atoms with Crippen LogP contribution in [0, 0.1) is 0 Å². The van der Waals surface area contributed by atoms with Gasteiger partial charge >= 0.3 is 0 Å². The van der Waals surface area contributed by atoms with E-state index in [4.69, 9.17) is 27.9 Å². The second-order valence-electron chi connectivity index (χ2n) is 7.34. The topological polar surface area (TPSA) is 75.6 Å². The van der Waals surface area contributed by atoms with E-state index in [1.54, 1.807) is 13.2 Å². The third-order valence-electron chi connectivity index (χ3n) is 5.19. The first-order valence-electron chi connectivity index (χ1n) is 10.0. The van der Waals surface area contributed by atoms with E-state index in [0.29, 0.717) is 44.0 Å². The van der Waals surface area contributed by atoms with Crippen LogP contribution in [-0.2, 0) is 16.4 Å². The molecule has 1 saturated heterocycles. The summed E-state index contributed by atoms with van der Waals surface area (Å²) in [5.74, 6) is 1.53. The third-order valence-corrected chi connectivity index (χ3v) is 8.62. The van der Waals surface area contributed by atoms with Crippen molar-refractivity contribution >= 4 is 49.9 Å². The van der Waals surface area contributed by atoms with E-state index in [2.05, 4.69) is 14.3 Å². The fourth-order valence-corrected chi connectivity index (χ4v) is 6.49. The fraction of sp³-hybridized carbons (Fsp3) is 0.333. The van der Waals surface area contributed by atoms with Gasteiger partial charge in [0.25, 0.3) is 0 Å². The number of benzene rings is 2. The van der Waals surface area contributed by atoms with Crippen LogP contribution in [0.2, 0.25) is 10.0 Å². The minimum absolute atomic E-state index is 0.0385. The van der Waals surface area contributed by atoms with Crippen molar-refractivity contribution in [2.45, 2.75) is 17.7 Å². The Morgan fingerprint density at radius 3 is 2.75 bits per heavy atom. The first-order valence-corrected chi connectivity index (χ1v) is 13.0. The van der Waals surface area contributed by atoms with Crippen molar-refractivity contribution in [3.8, 4) is 5.75 Å². The van der Waals surface area contributed by atoms with Crippen LogP contribution in [0.3, 0.4) is 0 Å². The molecule has 0 N–H and O–H groups in total. The summed E-state index contributed by atoms with van der Waals surface area (Å²) in [6.07, 6.45) is 1.28. The molecule has 11 heteroatoms. The van der Waals surface area contributed by atoms with Gasteiger partial charge in [-0.2, -0.15) is 8.68 Å². The van der Waals surface area contributed by atoms with Gasteiger partial charge in [-0.3, -0.25) is 0 Å². The highest BCUT2D eigenvalue weighted by Crippen LogP contribution is 2.29. The van der Waals surface area contributed by atoms with Crippen LogP contribution in [0.5, 0.6) is 5.75 Å². The monoisotopic (exact) mass is 512 g/mol. The van der Waals surface area contributed by atoms with Crippen LogP contribution < -0.4 is 9.64 Å². The van der Waals surface area contributed by atoms with Crippen molar-refractivity contribution in [3.05, 3.63) is 63.9 Å². The molecule has 0 spiro atoms. The maximum atomic E-state index is 13.1. The molecule has 0 aliphatic carbocycles. The van der Waals surface area contributed by atoms with Crippen molar-refractivity contribution in [2.24, 2.45) is 0 Å². The molecule has 2 aromatic carbocycles. The van der Waals surface area contributed by atoms with E-state index in [1.165, 1.54) is 28.0 Å². The lowest BCUT2D eigenvalue weighted by atomic mass is 10.1. The molecule has 0 bridgehead atoms. The number of sulfonamides is 1. The molecule has 32 heavy (non-hydrogen) atoms. The summed E-state index contributed by atoms with van der Waals surface area (Å²) in [7, 11) is -2.10. The molecule has 1 aromatic heterocycles. The van der Waals surface area contributed by atoms with Crippen molar-refractivity contribution in [1.29, 1.82) is 0 Å². The van der Waals surface area contributed by atoms with Crippen molar-refractivity contribution < 1.29 is 13.2 Å². The van der Waals surface area contributed by atoms with E-state index >= 15 is 0 Å². The third kappa shape index (κ3) is 5.18. The van der Waals surface area contributed by atoms with Crippen LogP contribution in [0.4, 0.5) is 5.13 Å². The zero-order valence-corrected chi connectivity index (χ0v) is 20.5. The van der Waals surface area contributed by atoms with Gasteiger partial charge in [0, 0.05) is 49.2 Å². The molecule has 0 saturated carbocycles. The summed E-state index contributed by atoms with van der Waals surface area (Å²) in [4.78, 5) is 6.81. The molecule has 7 nitrogen and oxygen atoms in total. The maximum absolute atomic E-state index is 13.1. The number of rotatable bonds is 6. The molecule has 0 amide bonds. The minimum Gasteiger partial charge on any atom is -0.497 e. The number of anilines is 1. The van der Waals surface area contributed by atoms with Gasteiger partial charge in [0.2, 0.25) is 15.2 Å². The lowest BCUT2D eigenvalue weighted by molar-refractivity contribution is 0.414. The Hall–Kier alpha value is -1.91. The molecule has 0 atom stereocenters. The number of nitrogens with zero attached hydrogens (tertiary/aromatic N) is 4. The lowest BCUT2D eigenvalue weighted by Crippen LogP contribution is -2.35. The molecule has 1 aliphatic heterocycles. The number of hydrogen-bond acceptors (Lipinski definition) is 7. The Balaban J connectivity index is 1.45. The Morgan fingerprint density at radius 1 is 1.09 bits per heavy atom. The van der Waals surface area contributed by atoms with Gasteiger partial charge in [0.1, 0.15) is 16.5 Å². The van der Waals surface area contributed by atoms with Crippen molar-refractivity contribution in [2.75, 3.05) is 38.2 Å². The summed E-state index contributed by atoms with van der Waals surface area (Å²) < 4.78 is 37.5. The molecule has 1 aliphatic rings. The predicted octanol–water partition coefficient (Wildman–Crippen LogP) is 4.35. The van der Waals surface area contributed by atoms with E-state index in [9.17, 15) is 8.42 Å². The number of hydrogen-bond donors (Lipinski definition) is 0. The van der Waals surface area contributed by atoms with Crippen LogP contribution in [0.1, 0.15) is 17.8 Å². The fourth-order valence-electron chi connectivity index (χ4n) is 3.55. The molecular formula is C21H22Cl2N4O3S2. The first-order chi connectivity index (χ1) is 15.4. The number of methoxy groups -OCH3 is 1. The highest BCUT2D eigenvalue weighted by molar-refractivity contribution is 7.89. The van der Waals surface area contributed by atoms with E-state index < -0.39 is 10.0 Å². The summed E-state index contributed by atoms with van der Waals surface area (Å²) in [5.41, 5.74) is 1.07. The van der Waals surface area contributed by atoms with Crippen molar-refractivity contribution in [1.82, 2.24) is 13.7 Å². The molecule has 0 radical (unpaired) electrons. The van der Waals surface area contributed by atoms with Crippen molar-refractivity contribution in [3.63, 3.8) is 0 Å². The van der Waals surface area contributed by atoms with Crippen LogP contribution in [-0.4, -0.2) is 55.4 Å². The molecule has 1 fully saturated rings. The van der Waals surface area contributed by atoms with E-state index in [0.717, 1.165) is 22.3 Å². The normalized spacial score (nSPS) is 15.5. The molecule has 0 unspecified atom stereocenters. The van der Waals surface area contributed by atoms with Gasteiger partial charge in [0.15, 0.2) is 0 Å². The largest absolute Gasteiger partial charge is 0.497 e. The Morgan fingerprint density at radius 2 is 1.94 bits per heavy atom. The summed E-state index contributed by atoms with van der Waals surface area (Å²) >= 11 is 13.5. The SMILES string of the molecule is COc1cccc(Cc2nsc(N3CCCN(S(=O)(=O)c4cc(Cl)ccc4Cl)CC3)n2)c1. The van der Waals surface area contributed by atoms with Gasteiger partial charge in [-0.15, -0.1) is 0 Å². The zero-order chi connectivity index (χ0) is 22.7. The van der Waals surface area contributed by atoms with Gasteiger partial charge in [-0.05, 0) is 42.3 Å². The standard InChI is InChI=1S/C21H22Cl2N4O3S2/c1-30-17-5-2-4-15(12-17)13-20-24-21(31-25-20)26-8-3-9-27(11-10-26)32(28,29)19-14-16(22)6-7-18(19)23/h2,4-7,12,14H,3,8-11,13H2,1H3. The average molecular weight is 513 g/mol. The Kier molecular flexibility index (Phi) is 7.21. The zero-order valence-electron chi connectivity index (χ0n) is 17.4. The lowest BCUT2D eigenvalue weighted by Gasteiger charge is -2.21. The van der Waals surface area contributed by atoms with Crippen LogP contribution >= 0.6 is 34.7 Å². The number of ether oxygens (including phenoxy) is 1. The minimum atomic E-state index is -3.74. The molecule has 2 heterocycles. The quantitative estimate of drug-likeness (QED) is 0.488. The smallest absolute Gasteiger partial charge is 0.244 e. The van der Waals surface area contributed by atoms with Crippen LogP contribution in [0.25, 0.3) is 0 Å². The molecule has 3 aromatic rings. The summed E-state index contributed by atoms with van der Waals surface area (Å²) in [6.45, 7) is 1.95. The molecular weight excluding hydrogens is 491 g/mol. The van der Waals surface area contributed by atoms with Gasteiger partial charge in [0.05, 0.1) is 12.1 Å². The summed E-state index contributed by atoms with van der Waals surface area (Å²) in [5, 5.41) is 1.30. The predicted molar refractivity (Wildman–Crippen MR) is 128 cm³/mol. The van der Waals surface area contributed by atoms with Gasteiger partial charge in [-0.25, -0.2) is 13.4 Å². The second kappa shape index (κ2) is 9.93. The highest BCUT2D eigenvalue weighted by Gasteiger charge is 2.29. The molecule has 4 rings (SSSR count). The second-order valence-corrected chi connectivity index (χ2v) is 10.8. The van der Waals surface area contributed by atoms with Gasteiger partial charge < -0.3 is 9.64 Å². The maximum Gasteiger partial charge on any atom is 0.244 e. The van der Waals surface area contributed by atoms with Crippen LogP contribution in [0.15, 0.2) is 47.4 Å². The van der Waals surface area contributed by atoms with Gasteiger partial charge in [-0.1, -0.05) is 35.3 Å². The average Bonchev–Trinajstić information content (AvgIpc) is 3.09. The highest BCUT2D eigenvalue weighted by atomic mass is 35.5. The first kappa shape index (κ1) is 23.3. The Labute approximate surface area is 201 Å². The van der Waals surface area contributed by atoms with E-state index in [1.807, 2.05) is 24.3 Å². The number of aromatic nitrogens is 2. The van der Waals surface area contributed by atoms with E-state index in [-0.39, 0.29) is 9.92 Å². The molecule has 170 valence electrons. The Bertz CT molecular complexity index is 1200.